The van der Waals surface area contributed by atoms with Crippen LogP contribution in [0.3, 0.4) is 0 Å². The second-order valence-electron chi connectivity index (χ2n) is 6.97. The molecule has 0 fully saturated rings. The maximum atomic E-state index is 12.8. The molecule has 1 N–H and O–H groups in total. The van der Waals surface area contributed by atoms with Crippen molar-refractivity contribution in [3.8, 4) is 5.69 Å². The van der Waals surface area contributed by atoms with Crippen LogP contribution in [-0.4, -0.2) is 22.8 Å². The molecule has 0 unspecified atom stereocenters. The van der Waals surface area contributed by atoms with Gasteiger partial charge in [-0.05, 0) is 54.8 Å². The highest BCUT2D eigenvalue weighted by molar-refractivity contribution is 7.89. The first-order valence-corrected chi connectivity index (χ1v) is 10.5. The molecule has 0 spiro atoms. The van der Waals surface area contributed by atoms with Gasteiger partial charge in [-0.3, -0.25) is 14.5 Å². The van der Waals surface area contributed by atoms with Gasteiger partial charge in [-0.2, -0.15) is 0 Å². The summed E-state index contributed by atoms with van der Waals surface area (Å²) in [5.74, 6) is 0.108. The normalized spacial score (nSPS) is 11.9. The summed E-state index contributed by atoms with van der Waals surface area (Å²) >= 11 is 0. The molecule has 3 rings (SSSR count). The van der Waals surface area contributed by atoms with E-state index in [0.29, 0.717) is 5.69 Å². The van der Waals surface area contributed by atoms with Gasteiger partial charge in [-0.25, -0.2) is 17.8 Å². The fourth-order valence-electron chi connectivity index (χ4n) is 3.21. The minimum absolute atomic E-state index is 0.0820. The molecular formula is C20H24N4O3S. The predicted octanol–water partition coefficient (Wildman–Crippen LogP) is 2.48. The quantitative estimate of drug-likeness (QED) is 0.689. The Bertz CT molecular complexity index is 1130. The lowest BCUT2D eigenvalue weighted by atomic mass is 10.0. The van der Waals surface area contributed by atoms with Crippen LogP contribution in [0.4, 0.5) is 0 Å². The molecule has 1 aromatic carbocycles. The minimum Gasteiger partial charge on any atom is -0.285 e. The van der Waals surface area contributed by atoms with Gasteiger partial charge in [0.2, 0.25) is 10.0 Å². The van der Waals surface area contributed by atoms with E-state index in [9.17, 15) is 13.2 Å². The average Bonchev–Trinajstić information content (AvgIpc) is 2.90. The maximum Gasteiger partial charge on any atom is 0.275 e. The Morgan fingerprint density at radius 1 is 1.07 bits per heavy atom. The van der Waals surface area contributed by atoms with E-state index in [-0.39, 0.29) is 22.9 Å². The highest BCUT2D eigenvalue weighted by Gasteiger charge is 2.19. The second kappa shape index (κ2) is 7.73. The summed E-state index contributed by atoms with van der Waals surface area (Å²) in [6, 6.07) is 9.81. The lowest BCUT2D eigenvalue weighted by Crippen LogP contribution is -2.24. The molecule has 2 aromatic heterocycles. The van der Waals surface area contributed by atoms with Crippen LogP contribution in [0.25, 0.3) is 5.69 Å². The zero-order chi connectivity index (χ0) is 20.5. The van der Waals surface area contributed by atoms with Gasteiger partial charge < -0.3 is 0 Å². The minimum atomic E-state index is -3.66. The summed E-state index contributed by atoms with van der Waals surface area (Å²) < 4.78 is 31.0. The van der Waals surface area contributed by atoms with Gasteiger partial charge in [0.15, 0.2) is 0 Å². The Balaban J connectivity index is 1.88. The van der Waals surface area contributed by atoms with Crippen molar-refractivity contribution in [3.05, 3.63) is 76.0 Å². The fraction of sp³-hybridized carbons (Fsp3) is 0.300. The van der Waals surface area contributed by atoms with Crippen molar-refractivity contribution >= 4 is 10.0 Å². The molecule has 0 atom stereocenters. The SMILES string of the molecule is Cc1c(C(C)C)c(=O)n(-c2ccc(S(=O)(=O)NCc3ccncc3)cc2)n1C. The Morgan fingerprint density at radius 2 is 1.68 bits per heavy atom. The van der Waals surface area contributed by atoms with Crippen LogP contribution in [0.1, 0.15) is 36.6 Å². The first-order valence-electron chi connectivity index (χ1n) is 9.00. The number of hydrogen-bond donors (Lipinski definition) is 1. The Labute approximate surface area is 164 Å². The van der Waals surface area contributed by atoms with Crippen LogP contribution < -0.4 is 10.3 Å². The Morgan fingerprint density at radius 3 is 2.21 bits per heavy atom. The maximum absolute atomic E-state index is 12.8. The van der Waals surface area contributed by atoms with Gasteiger partial charge in [0.05, 0.1) is 10.6 Å². The third-order valence-electron chi connectivity index (χ3n) is 4.78. The van der Waals surface area contributed by atoms with Crippen molar-refractivity contribution in [1.29, 1.82) is 0 Å². The van der Waals surface area contributed by atoms with E-state index in [1.165, 1.54) is 12.1 Å². The van der Waals surface area contributed by atoms with E-state index < -0.39 is 10.0 Å². The number of sulfonamides is 1. The molecule has 0 bridgehead atoms. The van der Waals surface area contributed by atoms with Gasteiger partial charge >= 0.3 is 0 Å². The first-order chi connectivity index (χ1) is 13.2. The molecule has 148 valence electrons. The average molecular weight is 401 g/mol. The molecule has 0 saturated carbocycles. The lowest BCUT2D eigenvalue weighted by molar-refractivity contribution is 0.581. The number of pyridine rings is 1. The van der Waals surface area contributed by atoms with Crippen molar-refractivity contribution in [3.63, 3.8) is 0 Å². The van der Waals surface area contributed by atoms with E-state index in [4.69, 9.17) is 0 Å². The first kappa shape index (κ1) is 20.0. The molecule has 8 heteroatoms. The van der Waals surface area contributed by atoms with Crippen molar-refractivity contribution in [2.75, 3.05) is 0 Å². The van der Waals surface area contributed by atoms with E-state index >= 15 is 0 Å². The molecule has 0 aliphatic carbocycles. The molecule has 0 aliphatic heterocycles. The Hall–Kier alpha value is -2.71. The van der Waals surface area contributed by atoms with Gasteiger partial charge in [0.25, 0.3) is 5.56 Å². The van der Waals surface area contributed by atoms with Crippen LogP contribution in [-0.2, 0) is 23.6 Å². The van der Waals surface area contributed by atoms with E-state index in [0.717, 1.165) is 16.8 Å². The third-order valence-corrected chi connectivity index (χ3v) is 6.20. The van der Waals surface area contributed by atoms with E-state index in [1.807, 2.05) is 27.8 Å². The molecule has 2 heterocycles. The van der Waals surface area contributed by atoms with E-state index in [1.54, 1.807) is 46.0 Å². The fourth-order valence-corrected chi connectivity index (χ4v) is 4.23. The van der Waals surface area contributed by atoms with E-state index in [2.05, 4.69) is 9.71 Å². The van der Waals surface area contributed by atoms with Crippen molar-refractivity contribution in [2.45, 2.75) is 38.1 Å². The molecular weight excluding hydrogens is 376 g/mol. The highest BCUT2D eigenvalue weighted by Crippen LogP contribution is 2.19. The Kier molecular flexibility index (Phi) is 5.53. The molecule has 0 radical (unpaired) electrons. The van der Waals surface area contributed by atoms with Gasteiger partial charge in [-0.15, -0.1) is 0 Å². The number of nitrogens with one attached hydrogen (secondary N) is 1. The number of aromatic nitrogens is 3. The largest absolute Gasteiger partial charge is 0.285 e. The van der Waals surface area contributed by atoms with Gasteiger partial charge in [-0.1, -0.05) is 13.8 Å². The molecule has 28 heavy (non-hydrogen) atoms. The zero-order valence-corrected chi connectivity index (χ0v) is 17.2. The number of hydrogen-bond acceptors (Lipinski definition) is 4. The standard InChI is InChI=1S/C20H24N4O3S/c1-14(2)19-15(3)23(4)24(20(19)25)17-5-7-18(8-6-17)28(26,27)22-13-16-9-11-21-12-10-16/h5-12,14,22H,13H2,1-4H3. The molecule has 7 nitrogen and oxygen atoms in total. The summed E-state index contributed by atoms with van der Waals surface area (Å²) in [5, 5.41) is 0. The topological polar surface area (TPSA) is 86.0 Å². The number of benzene rings is 1. The number of rotatable bonds is 6. The van der Waals surface area contributed by atoms with Crippen LogP contribution in [0.15, 0.2) is 58.5 Å². The summed E-state index contributed by atoms with van der Waals surface area (Å²) in [7, 11) is -1.84. The third kappa shape index (κ3) is 3.79. The molecule has 3 aromatic rings. The molecule has 0 aliphatic rings. The highest BCUT2D eigenvalue weighted by atomic mass is 32.2. The van der Waals surface area contributed by atoms with Crippen LogP contribution >= 0.6 is 0 Å². The van der Waals surface area contributed by atoms with Crippen molar-refractivity contribution < 1.29 is 8.42 Å². The van der Waals surface area contributed by atoms with Crippen LogP contribution in [0.5, 0.6) is 0 Å². The predicted molar refractivity (Wildman–Crippen MR) is 108 cm³/mol. The molecule has 0 saturated heterocycles. The van der Waals surface area contributed by atoms with Crippen molar-refractivity contribution in [2.24, 2.45) is 7.05 Å². The molecule has 0 amide bonds. The summed E-state index contributed by atoms with van der Waals surface area (Å²) in [6.07, 6.45) is 3.23. The van der Waals surface area contributed by atoms with Gasteiger partial charge in [0.1, 0.15) is 0 Å². The van der Waals surface area contributed by atoms with Crippen LogP contribution in [0, 0.1) is 6.92 Å². The zero-order valence-electron chi connectivity index (χ0n) is 16.4. The van der Waals surface area contributed by atoms with Gasteiger partial charge in [0, 0.05) is 37.2 Å². The smallest absolute Gasteiger partial charge is 0.275 e. The second-order valence-corrected chi connectivity index (χ2v) is 8.74. The van der Waals surface area contributed by atoms with Crippen molar-refractivity contribution in [1.82, 2.24) is 19.1 Å². The number of nitrogens with zero attached hydrogens (tertiary/aromatic N) is 3. The summed E-state index contributed by atoms with van der Waals surface area (Å²) in [4.78, 5) is 16.9. The summed E-state index contributed by atoms with van der Waals surface area (Å²) in [5.41, 5.74) is 3.02. The monoisotopic (exact) mass is 400 g/mol. The lowest BCUT2D eigenvalue weighted by Gasteiger charge is -2.10. The summed E-state index contributed by atoms with van der Waals surface area (Å²) in [6.45, 7) is 6.06. The van der Waals surface area contributed by atoms with Crippen LogP contribution in [0.2, 0.25) is 0 Å².